The van der Waals surface area contributed by atoms with Gasteiger partial charge in [0.2, 0.25) is 5.75 Å². The molecule has 0 spiro atoms. The van der Waals surface area contributed by atoms with Crippen molar-refractivity contribution >= 4 is 5.91 Å². The summed E-state index contributed by atoms with van der Waals surface area (Å²) in [7, 11) is 4.55. The lowest BCUT2D eigenvalue weighted by Crippen LogP contribution is -2.37. The smallest absolute Gasteiger partial charge is 0.269 e. The molecule has 1 amide bonds. The van der Waals surface area contributed by atoms with E-state index < -0.39 is 0 Å². The SMILES string of the molecule is COc1cc(C(=O)NNC2=CC(C)(C)CC(C)=C2)cc(OC)c1OC. The zero-order valence-electron chi connectivity index (χ0n) is 15.6. The number of nitrogens with one attached hydrogen (secondary N) is 2. The van der Waals surface area contributed by atoms with E-state index in [0.717, 1.165) is 12.1 Å². The van der Waals surface area contributed by atoms with Crippen molar-refractivity contribution in [3.63, 3.8) is 0 Å². The molecule has 2 rings (SSSR count). The van der Waals surface area contributed by atoms with Gasteiger partial charge in [-0.15, -0.1) is 0 Å². The molecule has 1 aromatic carbocycles. The number of amides is 1. The summed E-state index contributed by atoms with van der Waals surface area (Å²) in [6.45, 7) is 6.40. The highest BCUT2D eigenvalue weighted by Crippen LogP contribution is 2.38. The van der Waals surface area contributed by atoms with E-state index in [0.29, 0.717) is 22.8 Å². The number of allylic oxidation sites excluding steroid dienone is 3. The van der Waals surface area contributed by atoms with Gasteiger partial charge in [-0.3, -0.25) is 15.6 Å². The predicted octanol–water partition coefficient (Wildman–Crippen LogP) is 3.21. The molecule has 0 unspecified atom stereocenters. The van der Waals surface area contributed by atoms with Crippen LogP contribution in [0.3, 0.4) is 0 Å². The first-order valence-electron chi connectivity index (χ1n) is 8.06. The lowest BCUT2D eigenvalue weighted by atomic mass is 9.81. The second-order valence-electron chi connectivity index (χ2n) is 6.75. The van der Waals surface area contributed by atoms with Crippen LogP contribution in [0.5, 0.6) is 17.2 Å². The van der Waals surface area contributed by atoms with E-state index >= 15 is 0 Å². The first-order valence-corrected chi connectivity index (χ1v) is 8.06. The molecule has 2 N–H and O–H groups in total. The lowest BCUT2D eigenvalue weighted by molar-refractivity contribution is 0.0938. The maximum absolute atomic E-state index is 12.5. The molecule has 0 aromatic heterocycles. The summed E-state index contributed by atoms with van der Waals surface area (Å²) in [5.41, 5.74) is 8.28. The molecule has 0 radical (unpaired) electrons. The molecule has 0 saturated heterocycles. The Labute approximate surface area is 148 Å². The van der Waals surface area contributed by atoms with Gasteiger partial charge in [-0.25, -0.2) is 0 Å². The molecule has 1 aromatic rings. The van der Waals surface area contributed by atoms with Crippen LogP contribution >= 0.6 is 0 Å². The minimum Gasteiger partial charge on any atom is -0.493 e. The number of benzene rings is 1. The van der Waals surface area contributed by atoms with Crippen LogP contribution in [0.25, 0.3) is 0 Å². The average molecular weight is 346 g/mol. The molecule has 0 saturated carbocycles. The third kappa shape index (κ3) is 4.47. The standard InChI is InChI=1S/C19H26N2O4/c1-12-7-14(11-19(2,3)10-12)20-21-18(22)13-8-15(23-4)17(25-6)16(9-13)24-5/h7-9,11,20H,10H2,1-6H3,(H,21,22). The predicted molar refractivity (Wildman–Crippen MR) is 96.9 cm³/mol. The van der Waals surface area contributed by atoms with Crippen LogP contribution in [0.1, 0.15) is 37.6 Å². The van der Waals surface area contributed by atoms with Crippen LogP contribution in [0.15, 0.2) is 35.6 Å². The number of carbonyl (C=O) groups excluding carboxylic acids is 1. The van der Waals surface area contributed by atoms with Crippen LogP contribution in [0, 0.1) is 5.41 Å². The molecule has 136 valence electrons. The molecule has 25 heavy (non-hydrogen) atoms. The van der Waals surface area contributed by atoms with Crippen molar-refractivity contribution in [1.29, 1.82) is 0 Å². The van der Waals surface area contributed by atoms with Crippen LogP contribution in [0.4, 0.5) is 0 Å². The van der Waals surface area contributed by atoms with Crippen molar-refractivity contribution in [3.05, 3.63) is 41.1 Å². The molecule has 1 aliphatic rings. The topological polar surface area (TPSA) is 68.8 Å². The highest BCUT2D eigenvalue weighted by atomic mass is 16.5. The van der Waals surface area contributed by atoms with E-state index in [4.69, 9.17) is 14.2 Å². The zero-order valence-corrected chi connectivity index (χ0v) is 15.6. The Hall–Kier alpha value is -2.63. The molecule has 6 nitrogen and oxygen atoms in total. The van der Waals surface area contributed by atoms with E-state index in [-0.39, 0.29) is 11.3 Å². The van der Waals surface area contributed by atoms with Crippen LogP contribution in [0.2, 0.25) is 0 Å². The van der Waals surface area contributed by atoms with Gasteiger partial charge in [0.25, 0.3) is 5.91 Å². The third-order valence-electron chi connectivity index (χ3n) is 3.93. The normalized spacial score (nSPS) is 15.6. The number of rotatable bonds is 6. The Morgan fingerprint density at radius 3 is 2.16 bits per heavy atom. The van der Waals surface area contributed by atoms with Gasteiger partial charge in [-0.1, -0.05) is 25.5 Å². The van der Waals surface area contributed by atoms with E-state index in [9.17, 15) is 4.79 Å². The maximum atomic E-state index is 12.5. The van der Waals surface area contributed by atoms with Gasteiger partial charge in [-0.05, 0) is 37.0 Å². The van der Waals surface area contributed by atoms with Crippen LogP contribution < -0.4 is 25.1 Å². The number of ether oxygens (including phenoxy) is 3. The minimum atomic E-state index is -0.297. The van der Waals surface area contributed by atoms with Crippen molar-refractivity contribution in [2.75, 3.05) is 21.3 Å². The number of hydrogen-bond donors (Lipinski definition) is 2. The van der Waals surface area contributed by atoms with E-state index in [1.165, 1.54) is 26.9 Å². The van der Waals surface area contributed by atoms with Crippen molar-refractivity contribution in [3.8, 4) is 17.2 Å². The molecular weight excluding hydrogens is 320 g/mol. The third-order valence-corrected chi connectivity index (χ3v) is 3.93. The molecule has 0 aliphatic heterocycles. The monoisotopic (exact) mass is 346 g/mol. The van der Waals surface area contributed by atoms with E-state index in [1.54, 1.807) is 12.1 Å². The lowest BCUT2D eigenvalue weighted by Gasteiger charge is -2.27. The van der Waals surface area contributed by atoms with E-state index in [1.807, 2.05) is 6.08 Å². The van der Waals surface area contributed by atoms with Gasteiger partial charge in [0.15, 0.2) is 11.5 Å². The molecule has 0 bridgehead atoms. The first-order chi connectivity index (χ1) is 11.8. The van der Waals surface area contributed by atoms with Crippen molar-refractivity contribution in [1.82, 2.24) is 10.9 Å². The van der Waals surface area contributed by atoms with Gasteiger partial charge in [0.05, 0.1) is 27.0 Å². The van der Waals surface area contributed by atoms with Crippen molar-refractivity contribution < 1.29 is 19.0 Å². The van der Waals surface area contributed by atoms with Crippen LogP contribution in [-0.4, -0.2) is 27.2 Å². The quantitative estimate of drug-likeness (QED) is 0.774. The minimum absolute atomic E-state index is 0.0540. The summed E-state index contributed by atoms with van der Waals surface area (Å²) in [6.07, 6.45) is 5.13. The highest BCUT2D eigenvalue weighted by Gasteiger charge is 2.21. The Bertz CT molecular complexity index is 695. The van der Waals surface area contributed by atoms with Gasteiger partial charge in [-0.2, -0.15) is 0 Å². The molecule has 0 atom stereocenters. The molecule has 0 heterocycles. The average Bonchev–Trinajstić information content (AvgIpc) is 2.56. The number of carbonyl (C=O) groups is 1. The van der Waals surface area contributed by atoms with Gasteiger partial charge in [0, 0.05) is 5.56 Å². The second-order valence-corrected chi connectivity index (χ2v) is 6.75. The van der Waals surface area contributed by atoms with Gasteiger partial charge < -0.3 is 14.2 Å². The molecular formula is C19H26N2O4. The summed E-state index contributed by atoms with van der Waals surface area (Å²) in [4.78, 5) is 12.5. The van der Waals surface area contributed by atoms with Gasteiger partial charge >= 0.3 is 0 Å². The first kappa shape index (κ1) is 18.7. The summed E-state index contributed by atoms with van der Waals surface area (Å²) >= 11 is 0. The largest absolute Gasteiger partial charge is 0.493 e. The molecule has 0 fully saturated rings. The fourth-order valence-corrected chi connectivity index (χ4v) is 3.03. The van der Waals surface area contributed by atoms with E-state index in [2.05, 4.69) is 37.7 Å². The van der Waals surface area contributed by atoms with Crippen LogP contribution in [-0.2, 0) is 0 Å². The fraction of sp³-hybridized carbons (Fsp3) is 0.421. The zero-order chi connectivity index (χ0) is 18.6. The number of hydrogen-bond acceptors (Lipinski definition) is 5. The summed E-state index contributed by atoms with van der Waals surface area (Å²) < 4.78 is 15.8. The molecule has 1 aliphatic carbocycles. The summed E-state index contributed by atoms with van der Waals surface area (Å²) in [6, 6.07) is 3.22. The van der Waals surface area contributed by atoms with Crippen molar-refractivity contribution in [2.45, 2.75) is 27.2 Å². The Kier molecular flexibility index (Phi) is 5.62. The fourth-order valence-electron chi connectivity index (χ4n) is 3.03. The summed E-state index contributed by atoms with van der Waals surface area (Å²) in [5, 5.41) is 0. The Balaban J connectivity index is 2.17. The highest BCUT2D eigenvalue weighted by molar-refractivity contribution is 5.95. The Morgan fingerprint density at radius 1 is 1.08 bits per heavy atom. The Morgan fingerprint density at radius 2 is 1.68 bits per heavy atom. The summed E-state index contributed by atoms with van der Waals surface area (Å²) in [5.74, 6) is 1.01. The second kappa shape index (κ2) is 7.51. The maximum Gasteiger partial charge on any atom is 0.269 e. The number of hydrazine groups is 1. The molecule has 6 heteroatoms. The van der Waals surface area contributed by atoms with Crippen molar-refractivity contribution in [2.24, 2.45) is 5.41 Å². The van der Waals surface area contributed by atoms with Gasteiger partial charge in [0.1, 0.15) is 0 Å². The number of methoxy groups -OCH3 is 3.